The Labute approximate surface area is 340 Å². The fourth-order valence-electron chi connectivity index (χ4n) is 9.86. The van der Waals surface area contributed by atoms with Crippen molar-refractivity contribution in [2.24, 2.45) is 0 Å². The van der Waals surface area contributed by atoms with Crippen LogP contribution in [0.1, 0.15) is 16.7 Å². The summed E-state index contributed by atoms with van der Waals surface area (Å²) in [6.45, 7) is 6.79. The summed E-state index contributed by atoms with van der Waals surface area (Å²) in [6.07, 6.45) is 4.00. The molecule has 0 aliphatic heterocycles. The van der Waals surface area contributed by atoms with Crippen molar-refractivity contribution < 1.29 is 8.83 Å². The van der Waals surface area contributed by atoms with Gasteiger partial charge in [0.1, 0.15) is 28.2 Å². The van der Waals surface area contributed by atoms with E-state index in [1.165, 1.54) is 49.6 Å². The zero-order chi connectivity index (χ0) is 39.4. The fourth-order valence-corrected chi connectivity index (χ4v) is 9.86. The molecule has 12 rings (SSSR count). The van der Waals surface area contributed by atoms with Gasteiger partial charge in [-0.1, -0.05) is 97.1 Å². The Hall–Kier alpha value is -7.63. The first-order valence-corrected chi connectivity index (χ1v) is 20.1. The monoisotopic (exact) mass is 759 g/mol. The fraction of sp³-hybridized carbons (Fsp3) is 0.0556. The van der Waals surface area contributed by atoms with Crippen LogP contribution in [0.5, 0.6) is 0 Å². The molecule has 5 nitrogen and oxygen atoms in total. The standard InChI is InChI=1S/C54H37N3O2/c1-32-51(36-21-24-48-42(29-36)41-17-9-12-20-47(41)58-48)33(2)53(56-28-27-55-54(56)35-13-5-4-6-14-35)34(3)52(32)37-22-25-49-43(30-37)44-31-38(23-26-50(44)59-49)57-45-18-10-7-15-39(45)40-16-8-11-19-46(40)57/h4-31H,1-3H3. The van der Waals surface area contributed by atoms with E-state index in [0.717, 1.165) is 77.8 Å². The molecule has 4 aromatic heterocycles. The number of rotatable bonds is 5. The van der Waals surface area contributed by atoms with Crippen LogP contribution >= 0.6 is 0 Å². The highest BCUT2D eigenvalue weighted by molar-refractivity contribution is 6.11. The van der Waals surface area contributed by atoms with Gasteiger partial charge in [-0.25, -0.2) is 4.98 Å². The predicted molar refractivity (Wildman–Crippen MR) is 243 cm³/mol. The van der Waals surface area contributed by atoms with Crippen molar-refractivity contribution in [3.8, 4) is 45.0 Å². The van der Waals surface area contributed by atoms with Crippen LogP contribution in [0, 0.1) is 20.8 Å². The zero-order valence-corrected chi connectivity index (χ0v) is 32.8. The molecule has 0 fully saturated rings. The van der Waals surface area contributed by atoms with Crippen LogP contribution in [0.15, 0.2) is 179 Å². The molecule has 0 saturated heterocycles. The van der Waals surface area contributed by atoms with Gasteiger partial charge >= 0.3 is 0 Å². The lowest BCUT2D eigenvalue weighted by molar-refractivity contribution is 0.668. The van der Waals surface area contributed by atoms with E-state index in [1.54, 1.807) is 0 Å². The van der Waals surface area contributed by atoms with Crippen LogP contribution in [0.4, 0.5) is 0 Å². The molecule has 0 saturated carbocycles. The second-order valence-electron chi connectivity index (χ2n) is 15.6. The van der Waals surface area contributed by atoms with Crippen LogP contribution in [0.25, 0.3) is 111 Å². The van der Waals surface area contributed by atoms with Gasteiger partial charge in [-0.15, -0.1) is 0 Å². The van der Waals surface area contributed by atoms with Gasteiger partial charge in [-0.3, -0.25) is 4.57 Å². The number of nitrogens with zero attached hydrogens (tertiary/aromatic N) is 3. The third-order valence-corrected chi connectivity index (χ3v) is 12.4. The molecule has 0 N–H and O–H groups in total. The van der Waals surface area contributed by atoms with Gasteiger partial charge in [0.25, 0.3) is 0 Å². The molecule has 4 heterocycles. The first-order chi connectivity index (χ1) is 29.0. The molecule has 0 aliphatic rings. The minimum Gasteiger partial charge on any atom is -0.456 e. The molecule has 280 valence electrons. The second-order valence-corrected chi connectivity index (χ2v) is 15.6. The van der Waals surface area contributed by atoms with E-state index < -0.39 is 0 Å². The Morgan fingerprint density at radius 3 is 1.58 bits per heavy atom. The minimum atomic E-state index is 0.865. The highest BCUT2D eigenvalue weighted by atomic mass is 16.3. The van der Waals surface area contributed by atoms with Crippen molar-refractivity contribution in [3.05, 3.63) is 187 Å². The van der Waals surface area contributed by atoms with Gasteiger partial charge in [0, 0.05) is 56.0 Å². The normalized spacial score (nSPS) is 12.0. The number of hydrogen-bond acceptors (Lipinski definition) is 3. The first kappa shape index (κ1) is 33.5. The molecule has 0 amide bonds. The maximum Gasteiger partial charge on any atom is 0.144 e. The summed E-state index contributed by atoms with van der Waals surface area (Å²) in [5.74, 6) is 0.905. The van der Waals surface area contributed by atoms with E-state index in [4.69, 9.17) is 13.8 Å². The largest absolute Gasteiger partial charge is 0.456 e. The van der Waals surface area contributed by atoms with Crippen LogP contribution in [-0.2, 0) is 0 Å². The molecular formula is C54H37N3O2. The highest BCUT2D eigenvalue weighted by Crippen LogP contribution is 2.45. The Kier molecular flexibility index (Phi) is 7.20. The molecule has 0 aliphatic carbocycles. The average Bonchev–Trinajstić information content (AvgIpc) is 4.06. The molecule has 59 heavy (non-hydrogen) atoms. The smallest absolute Gasteiger partial charge is 0.144 e. The molecule has 0 unspecified atom stereocenters. The number of benzene rings is 8. The minimum absolute atomic E-state index is 0.865. The van der Waals surface area contributed by atoms with E-state index in [1.807, 2.05) is 24.4 Å². The van der Waals surface area contributed by atoms with E-state index in [0.29, 0.717) is 0 Å². The summed E-state index contributed by atoms with van der Waals surface area (Å²) in [5, 5.41) is 6.88. The van der Waals surface area contributed by atoms with Gasteiger partial charge in [0.2, 0.25) is 0 Å². The third kappa shape index (κ3) is 4.95. The lowest BCUT2D eigenvalue weighted by Gasteiger charge is -2.24. The molecule has 0 radical (unpaired) electrons. The summed E-state index contributed by atoms with van der Waals surface area (Å²) in [6, 6.07) is 55.9. The molecule has 0 spiro atoms. The Morgan fingerprint density at radius 1 is 0.424 bits per heavy atom. The summed E-state index contributed by atoms with van der Waals surface area (Å²) in [4.78, 5) is 4.91. The Morgan fingerprint density at radius 2 is 0.932 bits per heavy atom. The molecular weight excluding hydrogens is 723 g/mol. The first-order valence-electron chi connectivity index (χ1n) is 20.1. The number of imidazole rings is 1. The van der Waals surface area contributed by atoms with Gasteiger partial charge in [-0.05, 0) is 120 Å². The lowest BCUT2D eigenvalue weighted by atomic mass is 9.84. The van der Waals surface area contributed by atoms with E-state index >= 15 is 0 Å². The van der Waals surface area contributed by atoms with Gasteiger partial charge in [0.15, 0.2) is 0 Å². The van der Waals surface area contributed by atoms with E-state index in [9.17, 15) is 0 Å². The second kappa shape index (κ2) is 12.7. The lowest BCUT2D eigenvalue weighted by Crippen LogP contribution is -2.07. The maximum atomic E-state index is 6.55. The highest BCUT2D eigenvalue weighted by Gasteiger charge is 2.24. The SMILES string of the molecule is Cc1c(-c2ccc3oc4ccccc4c3c2)c(C)c(-n2ccnc2-c2ccccc2)c(C)c1-c1ccc2oc3ccc(-n4c5ccccc5c5ccccc54)cc3c2c1. The molecule has 5 heteroatoms. The average molecular weight is 760 g/mol. The van der Waals surface area contributed by atoms with Gasteiger partial charge in [0.05, 0.1) is 16.7 Å². The van der Waals surface area contributed by atoms with Crippen molar-refractivity contribution in [1.29, 1.82) is 0 Å². The summed E-state index contributed by atoms with van der Waals surface area (Å²) >= 11 is 0. The van der Waals surface area contributed by atoms with Crippen molar-refractivity contribution >= 4 is 65.7 Å². The van der Waals surface area contributed by atoms with Crippen LogP contribution in [0.2, 0.25) is 0 Å². The molecule has 0 atom stereocenters. The molecule has 8 aromatic carbocycles. The quantitative estimate of drug-likeness (QED) is 0.176. The van der Waals surface area contributed by atoms with Crippen LogP contribution < -0.4 is 0 Å². The van der Waals surface area contributed by atoms with Gasteiger partial charge in [-0.2, -0.15) is 0 Å². The molecule has 0 bridgehead atoms. The number of fused-ring (bicyclic) bond motifs is 9. The molecule has 12 aromatic rings. The summed E-state index contributed by atoms with van der Waals surface area (Å²) < 4.78 is 17.5. The van der Waals surface area contributed by atoms with Crippen LogP contribution in [0.3, 0.4) is 0 Å². The summed E-state index contributed by atoms with van der Waals surface area (Å²) in [5.41, 5.74) is 17.4. The number of hydrogen-bond donors (Lipinski definition) is 0. The van der Waals surface area contributed by atoms with Crippen molar-refractivity contribution in [2.75, 3.05) is 0 Å². The van der Waals surface area contributed by atoms with E-state index in [2.05, 4.69) is 176 Å². The third-order valence-electron chi connectivity index (χ3n) is 12.4. The van der Waals surface area contributed by atoms with Crippen LogP contribution in [-0.4, -0.2) is 14.1 Å². The maximum absolute atomic E-state index is 6.55. The number of para-hydroxylation sites is 3. The zero-order valence-electron chi connectivity index (χ0n) is 32.8. The topological polar surface area (TPSA) is 49.0 Å². The van der Waals surface area contributed by atoms with Crippen molar-refractivity contribution in [2.45, 2.75) is 20.8 Å². The van der Waals surface area contributed by atoms with E-state index in [-0.39, 0.29) is 0 Å². The van der Waals surface area contributed by atoms with Gasteiger partial charge < -0.3 is 13.4 Å². The predicted octanol–water partition coefficient (Wildman–Crippen LogP) is 14.7. The van der Waals surface area contributed by atoms with Crippen molar-refractivity contribution in [1.82, 2.24) is 14.1 Å². The summed E-state index contributed by atoms with van der Waals surface area (Å²) in [7, 11) is 0. The number of furan rings is 2. The Balaban J connectivity index is 1.11. The Bertz CT molecular complexity index is 3600. The van der Waals surface area contributed by atoms with Crippen molar-refractivity contribution in [3.63, 3.8) is 0 Å². The number of aromatic nitrogens is 3.